The summed E-state index contributed by atoms with van der Waals surface area (Å²) in [6, 6.07) is 5.74. The number of imidazole rings is 1. The van der Waals surface area contributed by atoms with Crippen molar-refractivity contribution in [1.82, 2.24) is 19.9 Å². The first-order chi connectivity index (χ1) is 10.3. The van der Waals surface area contributed by atoms with Crippen molar-refractivity contribution in [3.63, 3.8) is 0 Å². The van der Waals surface area contributed by atoms with E-state index in [-0.39, 0.29) is 5.82 Å². The molecule has 108 valence electrons. The number of aromatic nitrogens is 4. The van der Waals surface area contributed by atoms with Gasteiger partial charge in [-0.3, -0.25) is 0 Å². The molecule has 3 aromatic rings. The zero-order valence-corrected chi connectivity index (χ0v) is 11.4. The molecule has 2 aromatic heterocycles. The van der Waals surface area contributed by atoms with Crippen LogP contribution in [-0.2, 0) is 0 Å². The Hall–Kier alpha value is -2.70. The van der Waals surface area contributed by atoms with Gasteiger partial charge in [0.1, 0.15) is 17.1 Å². The van der Waals surface area contributed by atoms with Crippen LogP contribution in [0, 0.1) is 5.82 Å². The fourth-order valence-corrected chi connectivity index (χ4v) is 1.81. The number of aromatic amines is 1. The maximum absolute atomic E-state index is 12.9. The van der Waals surface area contributed by atoms with Crippen molar-refractivity contribution in [2.75, 3.05) is 11.9 Å². The molecule has 0 unspecified atom stereocenters. The highest BCUT2D eigenvalue weighted by molar-refractivity contribution is 5.77. The van der Waals surface area contributed by atoms with Crippen molar-refractivity contribution in [3.8, 4) is 11.6 Å². The van der Waals surface area contributed by atoms with Gasteiger partial charge < -0.3 is 15.0 Å². The molecule has 0 amide bonds. The number of rotatable bonds is 5. The molecule has 21 heavy (non-hydrogen) atoms. The third-order valence-electron chi connectivity index (χ3n) is 2.81. The number of H-pyrrole nitrogens is 1. The number of ether oxygens (including phenoxy) is 1. The molecule has 0 aliphatic carbocycles. The highest BCUT2D eigenvalue weighted by atomic mass is 19.1. The summed E-state index contributed by atoms with van der Waals surface area (Å²) < 4.78 is 18.6. The first kappa shape index (κ1) is 13.3. The first-order valence-corrected chi connectivity index (χ1v) is 6.64. The van der Waals surface area contributed by atoms with Crippen molar-refractivity contribution in [3.05, 3.63) is 36.4 Å². The van der Waals surface area contributed by atoms with E-state index in [1.54, 1.807) is 12.1 Å². The highest BCUT2D eigenvalue weighted by Gasteiger charge is 2.12. The minimum atomic E-state index is -0.318. The van der Waals surface area contributed by atoms with Gasteiger partial charge in [0, 0.05) is 6.54 Å². The Morgan fingerprint density at radius 1 is 1.24 bits per heavy atom. The van der Waals surface area contributed by atoms with Crippen LogP contribution in [0.15, 0.2) is 30.6 Å². The van der Waals surface area contributed by atoms with Gasteiger partial charge in [-0.2, -0.15) is 9.97 Å². The van der Waals surface area contributed by atoms with Gasteiger partial charge in [-0.25, -0.2) is 9.37 Å². The Morgan fingerprint density at radius 3 is 2.81 bits per heavy atom. The largest absolute Gasteiger partial charge is 0.437 e. The van der Waals surface area contributed by atoms with Crippen molar-refractivity contribution < 1.29 is 9.13 Å². The second-order valence-corrected chi connectivity index (χ2v) is 4.44. The van der Waals surface area contributed by atoms with E-state index in [1.165, 1.54) is 18.5 Å². The average molecular weight is 287 g/mol. The van der Waals surface area contributed by atoms with Crippen molar-refractivity contribution in [2.24, 2.45) is 0 Å². The van der Waals surface area contributed by atoms with E-state index in [0.29, 0.717) is 28.7 Å². The molecule has 0 saturated carbocycles. The number of anilines is 1. The molecule has 3 rings (SSSR count). The summed E-state index contributed by atoms with van der Waals surface area (Å²) in [5, 5.41) is 3.10. The summed E-state index contributed by atoms with van der Waals surface area (Å²) in [5.74, 6) is 0.978. The second-order valence-electron chi connectivity index (χ2n) is 4.44. The van der Waals surface area contributed by atoms with Crippen LogP contribution in [0.5, 0.6) is 11.6 Å². The van der Waals surface area contributed by atoms with E-state index in [0.717, 1.165) is 13.0 Å². The zero-order valence-electron chi connectivity index (χ0n) is 11.4. The topological polar surface area (TPSA) is 75.7 Å². The van der Waals surface area contributed by atoms with Gasteiger partial charge in [0.15, 0.2) is 5.65 Å². The number of nitrogens with zero attached hydrogens (tertiary/aromatic N) is 3. The van der Waals surface area contributed by atoms with Gasteiger partial charge in [0.05, 0.1) is 6.33 Å². The zero-order chi connectivity index (χ0) is 14.7. The fourth-order valence-electron chi connectivity index (χ4n) is 1.81. The number of nitrogens with one attached hydrogen (secondary N) is 2. The maximum atomic E-state index is 12.9. The second kappa shape index (κ2) is 5.74. The molecule has 0 aliphatic rings. The summed E-state index contributed by atoms with van der Waals surface area (Å²) >= 11 is 0. The Labute approximate surface area is 120 Å². The number of hydrogen-bond acceptors (Lipinski definition) is 5. The van der Waals surface area contributed by atoms with E-state index >= 15 is 0 Å². The third-order valence-corrected chi connectivity index (χ3v) is 2.81. The molecule has 0 radical (unpaired) electrons. The van der Waals surface area contributed by atoms with Gasteiger partial charge in [-0.05, 0) is 30.7 Å². The standard InChI is InChI=1S/C14H14FN5O/c1-2-7-16-14-19-12-11(17-8-18-12)13(20-14)21-10-5-3-9(15)4-6-10/h3-6,8H,2,7H2,1H3,(H2,16,17,18,19,20). The molecular formula is C14H14FN5O. The summed E-state index contributed by atoms with van der Waals surface area (Å²) in [4.78, 5) is 15.7. The normalized spacial score (nSPS) is 10.8. The molecule has 1 aromatic carbocycles. The van der Waals surface area contributed by atoms with E-state index in [2.05, 4.69) is 32.2 Å². The molecule has 6 nitrogen and oxygen atoms in total. The number of fused-ring (bicyclic) bond motifs is 1. The molecule has 2 N–H and O–H groups in total. The van der Waals surface area contributed by atoms with E-state index in [1.807, 2.05) is 0 Å². The molecule has 0 fully saturated rings. The molecule has 7 heteroatoms. The van der Waals surface area contributed by atoms with Crippen molar-refractivity contribution >= 4 is 17.1 Å². The lowest BCUT2D eigenvalue weighted by Gasteiger charge is -2.08. The minimum Gasteiger partial charge on any atom is -0.437 e. The van der Waals surface area contributed by atoms with Gasteiger partial charge >= 0.3 is 0 Å². The molecule has 2 heterocycles. The predicted octanol–water partition coefficient (Wildman–Crippen LogP) is 3.11. The highest BCUT2D eigenvalue weighted by Crippen LogP contribution is 2.26. The van der Waals surface area contributed by atoms with Gasteiger partial charge in [0.2, 0.25) is 5.95 Å². The summed E-state index contributed by atoms with van der Waals surface area (Å²) in [6.45, 7) is 2.81. The smallest absolute Gasteiger partial charge is 0.250 e. The fraction of sp³-hybridized carbons (Fsp3) is 0.214. The van der Waals surface area contributed by atoms with Crippen LogP contribution in [0.3, 0.4) is 0 Å². The van der Waals surface area contributed by atoms with Crippen LogP contribution < -0.4 is 10.1 Å². The lowest BCUT2D eigenvalue weighted by Crippen LogP contribution is -2.05. The predicted molar refractivity (Wildman–Crippen MR) is 76.9 cm³/mol. The Kier molecular flexibility index (Phi) is 3.63. The van der Waals surface area contributed by atoms with Gasteiger partial charge in [0.25, 0.3) is 5.88 Å². The lowest BCUT2D eigenvalue weighted by molar-refractivity contribution is 0.466. The lowest BCUT2D eigenvalue weighted by atomic mass is 10.3. The van der Waals surface area contributed by atoms with Crippen molar-refractivity contribution in [1.29, 1.82) is 0 Å². The summed E-state index contributed by atoms with van der Waals surface area (Å²) in [7, 11) is 0. The van der Waals surface area contributed by atoms with Crippen molar-refractivity contribution in [2.45, 2.75) is 13.3 Å². The Morgan fingerprint density at radius 2 is 2.05 bits per heavy atom. The molecule has 0 bridgehead atoms. The van der Waals surface area contributed by atoms with Crippen LogP contribution in [0.4, 0.5) is 10.3 Å². The average Bonchev–Trinajstić information content (AvgIpc) is 2.96. The van der Waals surface area contributed by atoms with Crippen LogP contribution in [0.1, 0.15) is 13.3 Å². The molecule has 0 saturated heterocycles. The van der Waals surface area contributed by atoms with Crippen LogP contribution in [0.25, 0.3) is 11.2 Å². The van der Waals surface area contributed by atoms with Crippen LogP contribution in [-0.4, -0.2) is 26.5 Å². The number of benzene rings is 1. The van der Waals surface area contributed by atoms with Gasteiger partial charge in [-0.1, -0.05) is 6.92 Å². The first-order valence-electron chi connectivity index (χ1n) is 6.64. The summed E-state index contributed by atoms with van der Waals surface area (Å²) in [5.41, 5.74) is 1.11. The maximum Gasteiger partial charge on any atom is 0.250 e. The minimum absolute atomic E-state index is 0.318. The molecule has 0 spiro atoms. The van der Waals surface area contributed by atoms with E-state index < -0.39 is 0 Å². The number of hydrogen-bond donors (Lipinski definition) is 2. The Bertz CT molecular complexity index is 741. The van der Waals surface area contributed by atoms with E-state index in [4.69, 9.17) is 4.74 Å². The number of halogens is 1. The van der Waals surface area contributed by atoms with Crippen LogP contribution in [0.2, 0.25) is 0 Å². The monoisotopic (exact) mass is 287 g/mol. The Balaban J connectivity index is 1.95. The van der Waals surface area contributed by atoms with Crippen LogP contribution >= 0.6 is 0 Å². The molecule has 0 aliphatic heterocycles. The third kappa shape index (κ3) is 2.91. The summed E-state index contributed by atoms with van der Waals surface area (Å²) in [6.07, 6.45) is 2.48. The molecule has 0 atom stereocenters. The molecular weight excluding hydrogens is 273 g/mol. The van der Waals surface area contributed by atoms with Gasteiger partial charge in [-0.15, -0.1) is 0 Å². The SMILES string of the molecule is CCCNc1nc(Oc2ccc(F)cc2)c2[nH]cnc2n1. The van der Waals surface area contributed by atoms with E-state index in [9.17, 15) is 4.39 Å². The quantitative estimate of drug-likeness (QED) is 0.754.